The summed E-state index contributed by atoms with van der Waals surface area (Å²) in [6.07, 6.45) is -0.125. The van der Waals surface area contributed by atoms with Crippen LogP contribution in [0.5, 0.6) is 0 Å². The van der Waals surface area contributed by atoms with Gasteiger partial charge < -0.3 is 19.7 Å². The minimum absolute atomic E-state index is 0.0459. The van der Waals surface area contributed by atoms with E-state index in [1.807, 2.05) is 4.90 Å². The van der Waals surface area contributed by atoms with Crippen molar-refractivity contribution in [1.82, 2.24) is 4.90 Å². The van der Waals surface area contributed by atoms with E-state index in [-0.39, 0.29) is 30.4 Å². The van der Waals surface area contributed by atoms with Crippen molar-refractivity contribution in [2.75, 3.05) is 31.6 Å². The molecule has 0 aliphatic carbocycles. The van der Waals surface area contributed by atoms with Crippen LogP contribution in [0.2, 0.25) is 0 Å². The Hall–Kier alpha value is -2.13. The van der Waals surface area contributed by atoms with Crippen molar-refractivity contribution in [2.24, 2.45) is 5.92 Å². The van der Waals surface area contributed by atoms with Crippen LogP contribution in [0.4, 0.5) is 18.9 Å². The first-order valence-corrected chi connectivity index (χ1v) is 11.2. The summed E-state index contributed by atoms with van der Waals surface area (Å²) in [6.45, 7) is 3.59. The zero-order valence-electron chi connectivity index (χ0n) is 18.2. The quantitative estimate of drug-likeness (QED) is 0.752. The number of likely N-dealkylation sites (tertiary alicyclic amines) is 1. The number of amides is 2. The lowest BCUT2D eigenvalue weighted by Gasteiger charge is -2.40. The van der Waals surface area contributed by atoms with E-state index in [0.717, 1.165) is 31.4 Å². The van der Waals surface area contributed by atoms with Crippen molar-refractivity contribution in [1.29, 1.82) is 0 Å². The monoisotopic (exact) mass is 454 g/mol. The molecule has 3 aliphatic rings. The van der Waals surface area contributed by atoms with Gasteiger partial charge in [-0.15, -0.1) is 0 Å². The molecule has 0 bridgehead atoms. The molecule has 1 aromatic carbocycles. The van der Waals surface area contributed by atoms with Crippen LogP contribution >= 0.6 is 0 Å². The Morgan fingerprint density at radius 2 is 1.94 bits per heavy atom. The Labute approximate surface area is 185 Å². The predicted octanol–water partition coefficient (Wildman–Crippen LogP) is 3.92. The number of nitrogens with one attached hydrogen (secondary N) is 1. The molecule has 32 heavy (non-hydrogen) atoms. The van der Waals surface area contributed by atoms with Gasteiger partial charge in [0.1, 0.15) is 6.10 Å². The van der Waals surface area contributed by atoms with Gasteiger partial charge in [0.2, 0.25) is 5.91 Å². The zero-order chi connectivity index (χ0) is 22.9. The van der Waals surface area contributed by atoms with E-state index in [0.29, 0.717) is 50.2 Å². The van der Waals surface area contributed by atoms with Gasteiger partial charge in [0.15, 0.2) is 0 Å². The Morgan fingerprint density at radius 1 is 1.19 bits per heavy atom. The number of alkyl halides is 3. The fourth-order valence-corrected chi connectivity index (χ4v) is 4.85. The molecule has 1 N–H and O–H groups in total. The zero-order valence-corrected chi connectivity index (χ0v) is 18.2. The number of ether oxygens (including phenoxy) is 2. The molecule has 2 amide bonds. The van der Waals surface area contributed by atoms with Gasteiger partial charge in [-0.25, -0.2) is 0 Å². The van der Waals surface area contributed by atoms with Crippen LogP contribution in [0.15, 0.2) is 18.2 Å². The van der Waals surface area contributed by atoms with Crippen LogP contribution in [0, 0.1) is 12.8 Å². The normalized spacial score (nSPS) is 25.7. The topological polar surface area (TPSA) is 67.9 Å². The van der Waals surface area contributed by atoms with E-state index in [9.17, 15) is 22.8 Å². The first-order valence-electron chi connectivity index (χ1n) is 11.2. The molecule has 1 aromatic rings. The lowest BCUT2D eigenvalue weighted by molar-refractivity contribution is -0.151. The molecule has 0 radical (unpaired) electrons. The van der Waals surface area contributed by atoms with E-state index < -0.39 is 17.3 Å². The number of hydrogen-bond acceptors (Lipinski definition) is 4. The maximum Gasteiger partial charge on any atom is 0.416 e. The molecule has 3 aliphatic heterocycles. The Balaban J connectivity index is 1.31. The Bertz CT molecular complexity index is 859. The summed E-state index contributed by atoms with van der Waals surface area (Å²) < 4.78 is 50.2. The number of anilines is 1. The highest BCUT2D eigenvalue weighted by Gasteiger charge is 2.46. The van der Waals surface area contributed by atoms with E-state index in [1.165, 1.54) is 6.07 Å². The third-order valence-corrected chi connectivity index (χ3v) is 6.83. The summed E-state index contributed by atoms with van der Waals surface area (Å²) in [5.74, 6) is -0.580. The lowest BCUT2D eigenvalue weighted by Crippen LogP contribution is -2.50. The molecular formula is C23H29F3N2O4. The number of aryl methyl sites for hydroxylation is 1. The third kappa shape index (κ3) is 4.93. The average Bonchev–Trinajstić information content (AvgIpc) is 3.19. The van der Waals surface area contributed by atoms with Gasteiger partial charge in [-0.3, -0.25) is 9.59 Å². The largest absolute Gasteiger partial charge is 0.416 e. The first-order chi connectivity index (χ1) is 15.2. The molecule has 0 aromatic heterocycles. The van der Waals surface area contributed by atoms with E-state index in [1.54, 1.807) is 6.92 Å². The van der Waals surface area contributed by atoms with Gasteiger partial charge in [0.05, 0.1) is 23.7 Å². The van der Waals surface area contributed by atoms with Crippen molar-refractivity contribution in [3.63, 3.8) is 0 Å². The van der Waals surface area contributed by atoms with E-state index in [4.69, 9.17) is 9.47 Å². The Morgan fingerprint density at radius 3 is 2.56 bits per heavy atom. The molecule has 1 spiro atoms. The SMILES string of the molecule is Cc1cc(C(F)(F)F)ccc1NC(=O)C1COC2(CCN(C(=O)C3CCCCO3)CC2)C1. The Kier molecular flexibility index (Phi) is 6.49. The number of carbonyl (C=O) groups excluding carboxylic acids is 2. The predicted molar refractivity (Wildman–Crippen MR) is 111 cm³/mol. The highest BCUT2D eigenvalue weighted by molar-refractivity contribution is 5.93. The van der Waals surface area contributed by atoms with Crippen LogP contribution in [0.3, 0.4) is 0 Å². The van der Waals surface area contributed by atoms with Gasteiger partial charge in [-0.1, -0.05) is 0 Å². The number of carbonyl (C=O) groups is 2. The molecule has 0 saturated carbocycles. The van der Waals surface area contributed by atoms with Crippen LogP contribution in [-0.2, 0) is 25.2 Å². The number of nitrogens with zero attached hydrogens (tertiary/aromatic N) is 1. The van der Waals surface area contributed by atoms with Gasteiger partial charge in [-0.2, -0.15) is 13.2 Å². The molecule has 176 valence electrons. The maximum atomic E-state index is 12.9. The summed E-state index contributed by atoms with van der Waals surface area (Å²) in [5.41, 5.74) is -0.437. The molecule has 3 fully saturated rings. The van der Waals surface area contributed by atoms with Gasteiger partial charge in [-0.05, 0) is 69.2 Å². The number of halogens is 3. The summed E-state index contributed by atoms with van der Waals surface area (Å²) in [7, 11) is 0. The highest BCUT2D eigenvalue weighted by atomic mass is 19.4. The third-order valence-electron chi connectivity index (χ3n) is 6.83. The maximum absolute atomic E-state index is 12.9. The highest BCUT2D eigenvalue weighted by Crippen LogP contribution is 2.39. The van der Waals surface area contributed by atoms with Crippen molar-refractivity contribution in [3.05, 3.63) is 29.3 Å². The standard InChI is InChI=1S/C23H29F3N2O4/c1-15-12-17(23(24,25)26)5-6-18(15)27-20(29)16-13-22(32-14-16)7-9-28(10-8-22)21(30)19-4-2-3-11-31-19/h5-6,12,16,19H,2-4,7-11,13-14H2,1H3,(H,27,29). The van der Waals surface area contributed by atoms with Crippen molar-refractivity contribution >= 4 is 17.5 Å². The minimum Gasteiger partial charge on any atom is -0.374 e. The first kappa shape index (κ1) is 23.0. The minimum atomic E-state index is -4.42. The molecule has 2 unspecified atom stereocenters. The van der Waals surface area contributed by atoms with Gasteiger partial charge in [0.25, 0.3) is 5.91 Å². The number of piperidine rings is 1. The average molecular weight is 454 g/mol. The molecule has 3 heterocycles. The summed E-state index contributed by atoms with van der Waals surface area (Å²) >= 11 is 0. The second-order valence-electron chi connectivity index (χ2n) is 9.09. The van der Waals surface area contributed by atoms with Crippen LogP contribution in [-0.4, -0.2) is 54.7 Å². The fourth-order valence-electron chi connectivity index (χ4n) is 4.85. The molecule has 6 nitrogen and oxygen atoms in total. The van der Waals surface area contributed by atoms with Crippen LogP contribution in [0.1, 0.15) is 49.7 Å². The van der Waals surface area contributed by atoms with E-state index in [2.05, 4.69) is 5.32 Å². The summed E-state index contributed by atoms with van der Waals surface area (Å²) in [4.78, 5) is 27.3. The second kappa shape index (κ2) is 9.02. The number of hydrogen-bond donors (Lipinski definition) is 1. The van der Waals surface area contributed by atoms with Crippen molar-refractivity contribution in [2.45, 2.75) is 63.3 Å². The summed E-state index contributed by atoms with van der Waals surface area (Å²) in [5, 5.41) is 2.76. The van der Waals surface area contributed by atoms with Crippen LogP contribution < -0.4 is 5.32 Å². The molecular weight excluding hydrogens is 425 g/mol. The summed E-state index contributed by atoms with van der Waals surface area (Å²) in [6, 6.07) is 3.29. The van der Waals surface area contributed by atoms with Crippen LogP contribution in [0.25, 0.3) is 0 Å². The van der Waals surface area contributed by atoms with E-state index >= 15 is 0 Å². The fraction of sp³-hybridized carbons (Fsp3) is 0.652. The number of benzene rings is 1. The molecule has 4 rings (SSSR count). The molecule has 2 atom stereocenters. The smallest absolute Gasteiger partial charge is 0.374 e. The molecule has 9 heteroatoms. The van der Waals surface area contributed by atoms with Gasteiger partial charge >= 0.3 is 6.18 Å². The second-order valence-corrected chi connectivity index (χ2v) is 9.09. The number of rotatable bonds is 3. The van der Waals surface area contributed by atoms with Gasteiger partial charge in [0, 0.05) is 25.4 Å². The molecule has 3 saturated heterocycles. The van der Waals surface area contributed by atoms with Crippen molar-refractivity contribution in [3.8, 4) is 0 Å². The lowest BCUT2D eigenvalue weighted by atomic mass is 9.85. The van der Waals surface area contributed by atoms with Crippen molar-refractivity contribution < 1.29 is 32.2 Å².